The lowest BCUT2D eigenvalue weighted by atomic mass is 10.0. The zero-order valence-corrected chi connectivity index (χ0v) is 22.2. The third-order valence-electron chi connectivity index (χ3n) is 6.58. The van der Waals surface area contributed by atoms with Crippen molar-refractivity contribution in [1.82, 2.24) is 9.80 Å². The van der Waals surface area contributed by atoms with Gasteiger partial charge in [0.25, 0.3) is 0 Å². The molecule has 1 aromatic rings. The Kier molecular flexibility index (Phi) is 15.3. The molecule has 2 saturated heterocycles. The molecule has 2 fully saturated rings. The van der Waals surface area contributed by atoms with E-state index in [2.05, 4.69) is 16.4 Å². The van der Waals surface area contributed by atoms with Crippen molar-refractivity contribution in [3.63, 3.8) is 0 Å². The lowest BCUT2D eigenvalue weighted by molar-refractivity contribution is -0.121. The molecule has 0 aliphatic carbocycles. The van der Waals surface area contributed by atoms with Gasteiger partial charge in [-0.3, -0.25) is 19.4 Å². The van der Waals surface area contributed by atoms with Gasteiger partial charge in [0.15, 0.2) is 0 Å². The topological polar surface area (TPSA) is 131 Å². The normalized spacial score (nSPS) is 18.3. The standard InChI is InChI=1S/C16H24N2O2.C12H22N2O3/c17-15(13-14-5-2-1-3-6-14)16(19)7-4-8-18-9-11-20-12-10-18;1-10(15)9-11(13)12(16)3-2-4-14-5-7-17-8-6-14/h1-3,5-6,15H,4,7-13,17H2;11,15H,1-9,13H2. The van der Waals surface area contributed by atoms with E-state index in [1.165, 1.54) is 0 Å². The van der Waals surface area contributed by atoms with Gasteiger partial charge in [0.05, 0.1) is 44.3 Å². The number of rotatable bonds is 14. The van der Waals surface area contributed by atoms with E-state index in [0.717, 1.165) is 84.1 Å². The molecule has 208 valence electrons. The molecule has 2 heterocycles. The summed E-state index contributed by atoms with van der Waals surface area (Å²) in [5.41, 5.74) is 12.7. The number of hydrogen-bond acceptors (Lipinski definition) is 9. The van der Waals surface area contributed by atoms with Gasteiger partial charge in [-0.05, 0) is 37.9 Å². The van der Waals surface area contributed by atoms with E-state index in [1.54, 1.807) is 0 Å². The first kappa shape index (κ1) is 31.1. The minimum absolute atomic E-state index is 0.00606. The molecule has 2 aliphatic rings. The van der Waals surface area contributed by atoms with Gasteiger partial charge in [0, 0.05) is 45.4 Å². The van der Waals surface area contributed by atoms with Crippen molar-refractivity contribution >= 4 is 11.6 Å². The van der Waals surface area contributed by atoms with Gasteiger partial charge in [-0.2, -0.15) is 0 Å². The predicted octanol–water partition coefficient (Wildman–Crippen LogP) is 1.69. The molecule has 0 spiro atoms. The van der Waals surface area contributed by atoms with E-state index < -0.39 is 6.04 Å². The quantitative estimate of drug-likeness (QED) is 0.315. The van der Waals surface area contributed by atoms with Gasteiger partial charge in [-0.1, -0.05) is 36.9 Å². The van der Waals surface area contributed by atoms with Crippen LogP contribution in [0.3, 0.4) is 0 Å². The molecule has 0 radical (unpaired) electrons. The fourth-order valence-corrected chi connectivity index (χ4v) is 4.32. The fraction of sp³-hybridized carbons (Fsp3) is 0.643. The molecule has 0 aromatic heterocycles. The second-order valence-corrected chi connectivity index (χ2v) is 9.72. The summed E-state index contributed by atoms with van der Waals surface area (Å²) in [7, 11) is 0. The number of nitrogens with zero attached hydrogens (tertiary/aromatic N) is 2. The van der Waals surface area contributed by atoms with Gasteiger partial charge in [0.2, 0.25) is 0 Å². The van der Waals surface area contributed by atoms with Crippen molar-refractivity contribution in [1.29, 1.82) is 0 Å². The number of morpholine rings is 2. The minimum atomic E-state index is -0.614. The van der Waals surface area contributed by atoms with Crippen LogP contribution in [0.25, 0.3) is 0 Å². The van der Waals surface area contributed by atoms with Crippen molar-refractivity contribution < 1.29 is 24.2 Å². The maximum absolute atomic E-state index is 12.0. The Hall–Kier alpha value is -2.14. The van der Waals surface area contributed by atoms with Crippen LogP contribution in [-0.4, -0.2) is 104 Å². The number of hydrogen-bond donors (Lipinski definition) is 3. The largest absolute Gasteiger partial charge is 0.513 e. The van der Waals surface area contributed by atoms with E-state index >= 15 is 0 Å². The van der Waals surface area contributed by atoms with Crippen molar-refractivity contribution in [2.24, 2.45) is 11.5 Å². The highest BCUT2D eigenvalue weighted by molar-refractivity contribution is 5.84. The van der Waals surface area contributed by atoms with Crippen LogP contribution < -0.4 is 11.5 Å². The summed E-state index contributed by atoms with van der Waals surface area (Å²) in [6.45, 7) is 12.2. The molecule has 0 amide bonds. The van der Waals surface area contributed by atoms with Crippen LogP contribution in [0.2, 0.25) is 0 Å². The molecular weight excluding hydrogens is 472 g/mol. The summed E-state index contributed by atoms with van der Waals surface area (Å²) in [5.74, 6) is 0.134. The zero-order chi connectivity index (χ0) is 26.9. The summed E-state index contributed by atoms with van der Waals surface area (Å²) < 4.78 is 10.5. The van der Waals surface area contributed by atoms with Crippen molar-refractivity contribution in [2.45, 2.75) is 50.6 Å². The van der Waals surface area contributed by atoms with Crippen LogP contribution in [0.5, 0.6) is 0 Å². The fourth-order valence-electron chi connectivity index (χ4n) is 4.32. The average Bonchev–Trinajstić information content (AvgIpc) is 2.90. The lowest BCUT2D eigenvalue weighted by Gasteiger charge is -2.26. The number of ether oxygens (including phenoxy) is 2. The van der Waals surface area contributed by atoms with Crippen LogP contribution in [0.4, 0.5) is 0 Å². The number of aliphatic hydroxyl groups excluding tert-OH is 1. The van der Waals surface area contributed by atoms with Crippen LogP contribution in [0.15, 0.2) is 42.7 Å². The van der Waals surface area contributed by atoms with Crippen LogP contribution in [-0.2, 0) is 25.5 Å². The second kappa shape index (κ2) is 18.2. The van der Waals surface area contributed by atoms with Gasteiger partial charge in [0.1, 0.15) is 11.6 Å². The Bertz CT molecular complexity index is 795. The molecule has 37 heavy (non-hydrogen) atoms. The highest BCUT2D eigenvalue weighted by atomic mass is 16.5. The highest BCUT2D eigenvalue weighted by Crippen LogP contribution is 2.07. The monoisotopic (exact) mass is 518 g/mol. The van der Waals surface area contributed by atoms with E-state index in [4.69, 9.17) is 26.0 Å². The average molecular weight is 519 g/mol. The third-order valence-corrected chi connectivity index (χ3v) is 6.58. The van der Waals surface area contributed by atoms with E-state index in [9.17, 15) is 9.59 Å². The van der Waals surface area contributed by atoms with Crippen molar-refractivity contribution in [3.8, 4) is 0 Å². The Morgan fingerprint density at radius 1 is 0.838 bits per heavy atom. The number of Topliss-reactive ketones (excluding diaryl/α,β-unsaturated/α-hetero) is 2. The summed E-state index contributed by atoms with van der Waals surface area (Å²) in [5, 5.41) is 8.95. The summed E-state index contributed by atoms with van der Waals surface area (Å²) in [6, 6.07) is 8.97. The Morgan fingerprint density at radius 2 is 1.30 bits per heavy atom. The third kappa shape index (κ3) is 13.8. The van der Waals surface area contributed by atoms with Gasteiger partial charge in [-0.15, -0.1) is 0 Å². The maximum Gasteiger partial charge on any atom is 0.150 e. The number of carbonyl (C=O) groups excluding carboxylic acids is 2. The van der Waals surface area contributed by atoms with Gasteiger partial charge >= 0.3 is 0 Å². The van der Waals surface area contributed by atoms with E-state index in [-0.39, 0.29) is 29.8 Å². The molecule has 9 nitrogen and oxygen atoms in total. The molecule has 9 heteroatoms. The predicted molar refractivity (Wildman–Crippen MR) is 145 cm³/mol. The van der Waals surface area contributed by atoms with Crippen molar-refractivity contribution in [2.75, 3.05) is 65.7 Å². The lowest BCUT2D eigenvalue weighted by Crippen LogP contribution is -2.38. The van der Waals surface area contributed by atoms with E-state index in [1.807, 2.05) is 30.3 Å². The summed E-state index contributed by atoms with van der Waals surface area (Å²) in [6.07, 6.45) is 3.54. The molecule has 5 N–H and O–H groups in total. The first-order valence-electron chi connectivity index (χ1n) is 13.4. The smallest absolute Gasteiger partial charge is 0.150 e. The Balaban J connectivity index is 0.000000264. The summed E-state index contributed by atoms with van der Waals surface area (Å²) >= 11 is 0. The first-order chi connectivity index (χ1) is 17.8. The molecular formula is C28H46N4O5. The first-order valence-corrected chi connectivity index (χ1v) is 13.4. The molecule has 0 bridgehead atoms. The molecule has 3 rings (SSSR count). The maximum atomic E-state index is 12.0. The molecule has 2 unspecified atom stereocenters. The highest BCUT2D eigenvalue weighted by Gasteiger charge is 2.17. The van der Waals surface area contributed by atoms with Crippen LogP contribution in [0.1, 0.15) is 37.7 Å². The van der Waals surface area contributed by atoms with Crippen LogP contribution >= 0.6 is 0 Å². The Morgan fingerprint density at radius 3 is 1.76 bits per heavy atom. The van der Waals surface area contributed by atoms with E-state index in [0.29, 0.717) is 19.3 Å². The molecule has 1 aromatic carbocycles. The number of ketones is 2. The van der Waals surface area contributed by atoms with Crippen molar-refractivity contribution in [3.05, 3.63) is 48.2 Å². The zero-order valence-electron chi connectivity index (χ0n) is 22.2. The number of aliphatic hydroxyl groups is 1. The Labute approximate surface area is 221 Å². The number of benzene rings is 1. The summed E-state index contributed by atoms with van der Waals surface area (Å²) in [4.78, 5) is 28.3. The van der Waals surface area contributed by atoms with Gasteiger partial charge in [-0.25, -0.2) is 0 Å². The molecule has 2 atom stereocenters. The number of carbonyl (C=O) groups is 2. The van der Waals surface area contributed by atoms with Crippen LogP contribution in [0, 0.1) is 0 Å². The minimum Gasteiger partial charge on any atom is -0.513 e. The van der Waals surface area contributed by atoms with Gasteiger partial charge < -0.3 is 26.0 Å². The second-order valence-electron chi connectivity index (χ2n) is 9.72. The molecule has 2 aliphatic heterocycles. The molecule has 0 saturated carbocycles. The SMILES string of the molecule is C=C(O)CC(N)C(=O)CCCN1CCOCC1.NC(Cc1ccccc1)C(=O)CCCN1CCOCC1. The number of nitrogens with two attached hydrogens (primary N) is 2.